The number of carbonyl (C=O) groups is 3. The van der Waals surface area contributed by atoms with Crippen LogP contribution < -0.4 is 0 Å². The van der Waals surface area contributed by atoms with Crippen LogP contribution in [0.4, 0.5) is 0 Å². The topological polar surface area (TPSA) is 78.9 Å². The second-order valence-corrected chi connectivity index (χ2v) is 16.7. The van der Waals surface area contributed by atoms with E-state index in [4.69, 9.17) is 14.2 Å². The maximum atomic E-state index is 12.5. The van der Waals surface area contributed by atoms with Gasteiger partial charge in [-0.05, 0) is 57.8 Å². The van der Waals surface area contributed by atoms with Crippen molar-refractivity contribution < 1.29 is 28.6 Å². The third kappa shape index (κ3) is 44.7. The van der Waals surface area contributed by atoms with Crippen LogP contribution in [0.2, 0.25) is 0 Å². The summed E-state index contributed by atoms with van der Waals surface area (Å²) in [6, 6.07) is 0. The number of hydrogen-bond donors (Lipinski definition) is 0. The van der Waals surface area contributed by atoms with Crippen molar-refractivity contribution in [3.8, 4) is 0 Å². The van der Waals surface area contributed by atoms with Gasteiger partial charge in [-0.25, -0.2) is 0 Å². The Morgan fingerprint density at radius 1 is 0.345 bits per heavy atom. The molecule has 0 aromatic heterocycles. The molecule has 0 radical (unpaired) electrons. The van der Waals surface area contributed by atoms with Crippen molar-refractivity contribution in [2.24, 2.45) is 0 Å². The third-order valence-electron chi connectivity index (χ3n) is 10.9. The fourth-order valence-corrected chi connectivity index (χ4v) is 7.10. The van der Waals surface area contributed by atoms with Crippen molar-refractivity contribution in [2.75, 3.05) is 13.2 Å². The average molecular weight is 815 g/mol. The van der Waals surface area contributed by atoms with Crippen molar-refractivity contribution in [1.29, 1.82) is 0 Å². The Morgan fingerprint density at radius 3 is 0.966 bits per heavy atom. The molecule has 1 atom stereocenters. The highest BCUT2D eigenvalue weighted by Crippen LogP contribution is 2.15. The molecular formula is C52H94O6. The van der Waals surface area contributed by atoms with E-state index in [1.54, 1.807) is 0 Å². The number of unbranched alkanes of at least 4 members (excludes halogenated alkanes) is 28. The number of rotatable bonds is 45. The van der Waals surface area contributed by atoms with Gasteiger partial charge in [-0.3, -0.25) is 14.4 Å². The minimum Gasteiger partial charge on any atom is -0.462 e. The van der Waals surface area contributed by atoms with Crippen molar-refractivity contribution >= 4 is 17.9 Å². The molecule has 58 heavy (non-hydrogen) atoms. The predicted molar refractivity (Wildman–Crippen MR) is 247 cm³/mol. The Kier molecular flexibility index (Phi) is 45.4. The van der Waals surface area contributed by atoms with E-state index >= 15 is 0 Å². The highest BCUT2D eigenvalue weighted by Gasteiger charge is 2.19. The molecule has 6 heteroatoms. The summed E-state index contributed by atoms with van der Waals surface area (Å²) in [5, 5.41) is 0. The molecular weight excluding hydrogens is 721 g/mol. The molecule has 0 aliphatic carbocycles. The molecule has 6 nitrogen and oxygen atoms in total. The van der Waals surface area contributed by atoms with E-state index in [1.807, 2.05) is 0 Å². The smallest absolute Gasteiger partial charge is 0.306 e. The number of ether oxygens (including phenoxy) is 3. The Morgan fingerprint density at radius 2 is 0.621 bits per heavy atom. The molecule has 0 aliphatic rings. The Hall–Kier alpha value is -2.37. The van der Waals surface area contributed by atoms with Crippen molar-refractivity contribution in [1.82, 2.24) is 0 Å². The molecule has 0 aromatic carbocycles. The normalized spacial score (nSPS) is 12.3. The first kappa shape index (κ1) is 55.6. The zero-order valence-electron chi connectivity index (χ0n) is 38.6. The largest absolute Gasteiger partial charge is 0.462 e. The highest BCUT2D eigenvalue weighted by molar-refractivity contribution is 5.71. The predicted octanol–water partition coefficient (Wildman–Crippen LogP) is 16.1. The van der Waals surface area contributed by atoms with Crippen LogP contribution in [0.5, 0.6) is 0 Å². The van der Waals surface area contributed by atoms with E-state index in [9.17, 15) is 14.4 Å². The van der Waals surface area contributed by atoms with Crippen LogP contribution >= 0.6 is 0 Å². The maximum absolute atomic E-state index is 12.5. The summed E-state index contributed by atoms with van der Waals surface area (Å²) in [5.41, 5.74) is 0. The lowest BCUT2D eigenvalue weighted by molar-refractivity contribution is -0.167. The zero-order valence-corrected chi connectivity index (χ0v) is 38.6. The van der Waals surface area contributed by atoms with Gasteiger partial charge in [0.05, 0.1) is 0 Å². The lowest BCUT2D eigenvalue weighted by Gasteiger charge is -2.18. The first-order valence-corrected chi connectivity index (χ1v) is 25.0. The second-order valence-electron chi connectivity index (χ2n) is 16.7. The molecule has 1 unspecified atom stereocenters. The van der Waals surface area contributed by atoms with Crippen LogP contribution in [-0.2, 0) is 28.6 Å². The van der Waals surface area contributed by atoms with Crippen LogP contribution in [0.25, 0.3) is 0 Å². The Bertz CT molecular complexity index is 984. The second kappa shape index (κ2) is 47.3. The molecule has 0 saturated heterocycles. The molecule has 338 valence electrons. The average Bonchev–Trinajstić information content (AvgIpc) is 3.22. The first-order valence-electron chi connectivity index (χ1n) is 25.0. The molecule has 0 bridgehead atoms. The Balaban J connectivity index is 3.85. The summed E-state index contributed by atoms with van der Waals surface area (Å²) in [4.78, 5) is 37.3. The van der Waals surface area contributed by atoms with Crippen LogP contribution in [0.15, 0.2) is 36.5 Å². The number of allylic oxidation sites excluding steroid dienone is 6. The summed E-state index contributed by atoms with van der Waals surface area (Å²) in [6.45, 7) is 6.48. The molecule has 0 rings (SSSR count). The van der Waals surface area contributed by atoms with Gasteiger partial charge in [-0.2, -0.15) is 0 Å². The van der Waals surface area contributed by atoms with E-state index in [2.05, 4.69) is 57.2 Å². The number of carbonyl (C=O) groups excluding carboxylic acids is 3. The van der Waals surface area contributed by atoms with E-state index < -0.39 is 6.10 Å². The monoisotopic (exact) mass is 815 g/mol. The summed E-state index contributed by atoms with van der Waals surface area (Å²) in [7, 11) is 0. The Labute approximate surface area is 359 Å². The molecule has 0 saturated carbocycles. The van der Waals surface area contributed by atoms with Gasteiger partial charge in [0.25, 0.3) is 0 Å². The lowest BCUT2D eigenvalue weighted by atomic mass is 10.0. The van der Waals surface area contributed by atoms with Gasteiger partial charge in [0.15, 0.2) is 6.10 Å². The van der Waals surface area contributed by atoms with Gasteiger partial charge in [0.1, 0.15) is 13.2 Å². The first-order chi connectivity index (χ1) is 28.5. The highest BCUT2D eigenvalue weighted by atomic mass is 16.6. The number of hydrogen-bond acceptors (Lipinski definition) is 6. The van der Waals surface area contributed by atoms with E-state index in [-0.39, 0.29) is 31.1 Å². The van der Waals surface area contributed by atoms with Gasteiger partial charge >= 0.3 is 17.9 Å². The van der Waals surface area contributed by atoms with E-state index in [0.29, 0.717) is 19.3 Å². The zero-order chi connectivity index (χ0) is 42.3. The summed E-state index contributed by atoms with van der Waals surface area (Å²) < 4.78 is 16.5. The molecule has 0 heterocycles. The van der Waals surface area contributed by atoms with Gasteiger partial charge in [-0.1, -0.05) is 218 Å². The van der Waals surface area contributed by atoms with Crippen LogP contribution in [0.1, 0.15) is 258 Å². The van der Waals surface area contributed by atoms with Gasteiger partial charge < -0.3 is 14.2 Å². The van der Waals surface area contributed by atoms with Crippen molar-refractivity contribution in [3.05, 3.63) is 36.5 Å². The van der Waals surface area contributed by atoms with Crippen LogP contribution in [0, 0.1) is 0 Å². The third-order valence-corrected chi connectivity index (χ3v) is 10.9. The molecule has 0 spiro atoms. The fraction of sp³-hybridized carbons (Fsp3) is 0.827. The maximum Gasteiger partial charge on any atom is 0.306 e. The molecule has 0 N–H and O–H groups in total. The lowest BCUT2D eigenvalue weighted by Crippen LogP contribution is -2.30. The minimum absolute atomic E-state index is 0.0707. The van der Waals surface area contributed by atoms with Gasteiger partial charge in [0, 0.05) is 19.3 Å². The summed E-state index contributed by atoms with van der Waals surface area (Å²) in [5.74, 6) is -0.892. The molecule has 0 amide bonds. The SMILES string of the molecule is CCCCCCC/C=C\C/C=C\C/C=C\CCCCCCCCCCCCCCCCC(=O)OCC(COC(=O)CCCCCCC)OC(=O)CCCCCCCC. The summed E-state index contributed by atoms with van der Waals surface area (Å²) in [6.07, 6.45) is 55.0. The van der Waals surface area contributed by atoms with Crippen LogP contribution in [0.3, 0.4) is 0 Å². The van der Waals surface area contributed by atoms with E-state index in [0.717, 1.165) is 77.0 Å². The summed E-state index contributed by atoms with van der Waals surface area (Å²) >= 11 is 0. The van der Waals surface area contributed by atoms with Gasteiger partial charge in [0.2, 0.25) is 0 Å². The minimum atomic E-state index is -0.761. The fourth-order valence-electron chi connectivity index (χ4n) is 7.10. The number of esters is 3. The molecule has 0 fully saturated rings. The van der Waals surface area contributed by atoms with Crippen molar-refractivity contribution in [3.63, 3.8) is 0 Å². The quantitative estimate of drug-likeness (QED) is 0.0264. The molecule has 0 aromatic rings. The van der Waals surface area contributed by atoms with Crippen LogP contribution in [-0.4, -0.2) is 37.2 Å². The van der Waals surface area contributed by atoms with E-state index in [1.165, 1.54) is 141 Å². The van der Waals surface area contributed by atoms with Gasteiger partial charge in [-0.15, -0.1) is 0 Å². The standard InChI is InChI=1S/C52H94O6/c1-4-7-10-13-15-16-17-18-19-20-21-22-23-24-25-26-27-28-29-30-31-32-33-34-35-36-37-40-42-45-51(54)57-48-49(47-56-50(53)44-41-38-12-9-6-3)58-52(55)46-43-39-14-11-8-5-2/h17-18,20-21,23-24,49H,4-16,19,22,25-48H2,1-3H3/b18-17-,21-20-,24-23-. The molecule has 0 aliphatic heterocycles. The van der Waals surface area contributed by atoms with Crippen molar-refractivity contribution in [2.45, 2.75) is 264 Å².